The molecule has 0 aliphatic heterocycles. The molecule has 1 aromatic rings. The second-order valence-corrected chi connectivity index (χ2v) is 5.19. The van der Waals surface area contributed by atoms with E-state index in [4.69, 9.17) is 5.11 Å². The summed E-state index contributed by atoms with van der Waals surface area (Å²) in [6.45, 7) is 0.675. The molecule has 1 saturated carbocycles. The Morgan fingerprint density at radius 2 is 2.06 bits per heavy atom. The second kappa shape index (κ2) is 5.40. The molecule has 1 heterocycles. The largest absolute Gasteiger partial charge is 0.452 e. The van der Waals surface area contributed by atoms with E-state index < -0.39 is 12.0 Å². The van der Waals surface area contributed by atoms with E-state index in [2.05, 4.69) is 14.7 Å². The van der Waals surface area contributed by atoms with Crippen LogP contribution in [0.5, 0.6) is 0 Å². The van der Waals surface area contributed by atoms with Crippen molar-refractivity contribution in [3.05, 3.63) is 5.82 Å². The van der Waals surface area contributed by atoms with E-state index in [9.17, 15) is 13.2 Å². The summed E-state index contributed by atoms with van der Waals surface area (Å²) in [5.41, 5.74) is 0. The summed E-state index contributed by atoms with van der Waals surface area (Å²) in [5.74, 6) is -0.555. The highest BCUT2D eigenvalue weighted by atomic mass is 32.1. The lowest BCUT2D eigenvalue weighted by Crippen LogP contribution is -2.20. The van der Waals surface area contributed by atoms with Crippen LogP contribution in [-0.2, 0) is 6.18 Å². The van der Waals surface area contributed by atoms with Crippen molar-refractivity contribution in [1.82, 2.24) is 9.36 Å². The predicted octanol–water partition coefficient (Wildman–Crippen LogP) is 2.38. The van der Waals surface area contributed by atoms with Crippen LogP contribution in [0.15, 0.2) is 0 Å². The second-order valence-electron chi connectivity index (χ2n) is 4.44. The zero-order valence-corrected chi connectivity index (χ0v) is 10.4. The van der Waals surface area contributed by atoms with Crippen LogP contribution in [-0.4, -0.2) is 27.6 Å². The van der Waals surface area contributed by atoms with E-state index in [0.717, 1.165) is 19.3 Å². The van der Waals surface area contributed by atoms with Crippen molar-refractivity contribution >= 4 is 16.7 Å². The number of aliphatic hydroxyl groups excluding tert-OH is 1. The Hall–Kier alpha value is -0.890. The van der Waals surface area contributed by atoms with Gasteiger partial charge in [-0.15, -0.1) is 0 Å². The van der Waals surface area contributed by atoms with Gasteiger partial charge in [-0.1, -0.05) is 6.42 Å². The highest BCUT2D eigenvalue weighted by Crippen LogP contribution is 2.32. The minimum atomic E-state index is -4.49. The third kappa shape index (κ3) is 3.11. The van der Waals surface area contributed by atoms with E-state index in [1.165, 1.54) is 0 Å². The summed E-state index contributed by atoms with van der Waals surface area (Å²) in [5, 5.41) is 12.2. The summed E-state index contributed by atoms with van der Waals surface area (Å²) < 4.78 is 40.1. The van der Waals surface area contributed by atoms with Gasteiger partial charge in [-0.05, 0) is 24.7 Å². The minimum Gasteiger partial charge on any atom is -0.396 e. The predicted molar refractivity (Wildman–Crippen MR) is 61.3 cm³/mol. The highest BCUT2D eigenvalue weighted by molar-refractivity contribution is 7.09. The van der Waals surface area contributed by atoms with Gasteiger partial charge in [0.25, 0.3) is 0 Å². The summed E-state index contributed by atoms with van der Waals surface area (Å²) >= 11 is 0.714. The van der Waals surface area contributed by atoms with Gasteiger partial charge < -0.3 is 10.4 Å². The molecule has 1 aliphatic rings. The fraction of sp³-hybridized carbons (Fsp3) is 0.800. The van der Waals surface area contributed by atoms with Crippen molar-refractivity contribution in [2.75, 3.05) is 18.5 Å². The molecule has 2 atom stereocenters. The Morgan fingerprint density at radius 3 is 2.67 bits per heavy atom. The maximum Gasteiger partial charge on any atom is 0.452 e. The van der Waals surface area contributed by atoms with E-state index in [1.807, 2.05) is 0 Å². The maximum atomic E-state index is 12.3. The number of rotatable bonds is 4. The Bertz CT molecular complexity index is 396. The van der Waals surface area contributed by atoms with E-state index in [1.54, 1.807) is 0 Å². The topological polar surface area (TPSA) is 58.0 Å². The number of halogens is 3. The van der Waals surface area contributed by atoms with Crippen LogP contribution < -0.4 is 5.32 Å². The highest BCUT2D eigenvalue weighted by Gasteiger charge is 2.36. The van der Waals surface area contributed by atoms with Crippen LogP contribution in [0.3, 0.4) is 0 Å². The average molecular weight is 281 g/mol. The number of aliphatic hydroxyl groups is 1. The van der Waals surface area contributed by atoms with Gasteiger partial charge in [0, 0.05) is 24.7 Å². The van der Waals surface area contributed by atoms with Crippen LogP contribution in [0, 0.1) is 11.8 Å². The van der Waals surface area contributed by atoms with Crippen LogP contribution in [0.2, 0.25) is 0 Å². The molecule has 1 aromatic heterocycles. The number of hydrogen-bond donors (Lipinski definition) is 2. The average Bonchev–Trinajstić information content (AvgIpc) is 2.94. The monoisotopic (exact) mass is 281 g/mol. The Kier molecular flexibility index (Phi) is 4.06. The van der Waals surface area contributed by atoms with Gasteiger partial charge in [-0.2, -0.15) is 22.5 Å². The molecule has 8 heteroatoms. The van der Waals surface area contributed by atoms with Gasteiger partial charge in [0.15, 0.2) is 0 Å². The zero-order chi connectivity index (χ0) is 13.2. The quantitative estimate of drug-likeness (QED) is 0.889. The molecule has 2 N–H and O–H groups in total. The molecule has 2 rings (SSSR count). The first-order chi connectivity index (χ1) is 8.50. The van der Waals surface area contributed by atoms with Gasteiger partial charge in [0.1, 0.15) is 0 Å². The molecule has 0 aromatic carbocycles. The Labute approximate surface area is 106 Å². The maximum absolute atomic E-state index is 12.3. The summed E-state index contributed by atoms with van der Waals surface area (Å²) in [6, 6.07) is 0. The van der Waals surface area contributed by atoms with Gasteiger partial charge in [0.2, 0.25) is 11.0 Å². The number of nitrogens with zero attached hydrogens (tertiary/aromatic N) is 2. The molecule has 1 fully saturated rings. The fourth-order valence-corrected chi connectivity index (χ4v) is 2.84. The minimum absolute atomic E-state index is 0.135. The molecule has 0 saturated heterocycles. The van der Waals surface area contributed by atoms with Crippen LogP contribution in [0.1, 0.15) is 25.1 Å². The first-order valence-electron chi connectivity index (χ1n) is 5.76. The lowest BCUT2D eigenvalue weighted by Gasteiger charge is -2.17. The molecule has 18 heavy (non-hydrogen) atoms. The Balaban J connectivity index is 1.89. The number of hydrogen-bond acceptors (Lipinski definition) is 5. The van der Waals surface area contributed by atoms with Gasteiger partial charge in [0.05, 0.1) is 0 Å². The van der Waals surface area contributed by atoms with Crippen molar-refractivity contribution < 1.29 is 18.3 Å². The van der Waals surface area contributed by atoms with Crippen LogP contribution in [0.25, 0.3) is 0 Å². The lowest BCUT2D eigenvalue weighted by molar-refractivity contribution is -0.144. The summed E-state index contributed by atoms with van der Waals surface area (Å²) in [6.07, 6.45) is -1.46. The van der Waals surface area contributed by atoms with Crippen molar-refractivity contribution in [3.63, 3.8) is 0 Å². The molecular formula is C10H14F3N3OS. The molecule has 1 aliphatic carbocycles. The SMILES string of the molecule is OCC1CCCC1CNc1nc(C(F)(F)F)ns1. The molecule has 0 radical (unpaired) electrons. The van der Waals surface area contributed by atoms with E-state index >= 15 is 0 Å². The molecule has 0 bridgehead atoms. The lowest BCUT2D eigenvalue weighted by atomic mass is 9.97. The normalized spacial score (nSPS) is 24.4. The Morgan fingerprint density at radius 1 is 1.33 bits per heavy atom. The molecule has 0 spiro atoms. The number of anilines is 1. The van der Waals surface area contributed by atoms with E-state index in [-0.39, 0.29) is 17.7 Å². The van der Waals surface area contributed by atoms with Crippen molar-refractivity contribution in [2.45, 2.75) is 25.4 Å². The number of aromatic nitrogens is 2. The first-order valence-corrected chi connectivity index (χ1v) is 6.53. The van der Waals surface area contributed by atoms with Crippen molar-refractivity contribution in [3.8, 4) is 0 Å². The van der Waals surface area contributed by atoms with E-state index in [0.29, 0.717) is 24.0 Å². The summed E-state index contributed by atoms with van der Waals surface area (Å²) in [7, 11) is 0. The standard InChI is InChI=1S/C10H14F3N3OS/c11-10(12,13)8-15-9(18-16-8)14-4-6-2-1-3-7(6)5-17/h6-7,17H,1-5H2,(H,14,15,16). The summed E-state index contributed by atoms with van der Waals surface area (Å²) in [4.78, 5) is 3.40. The first kappa shape index (κ1) is 13.5. The van der Waals surface area contributed by atoms with Crippen LogP contribution in [0.4, 0.5) is 18.3 Å². The molecular weight excluding hydrogens is 267 g/mol. The molecule has 2 unspecified atom stereocenters. The third-order valence-corrected chi connectivity index (χ3v) is 3.92. The van der Waals surface area contributed by atoms with Gasteiger partial charge >= 0.3 is 6.18 Å². The van der Waals surface area contributed by atoms with Crippen molar-refractivity contribution in [2.24, 2.45) is 11.8 Å². The fourth-order valence-electron chi connectivity index (χ4n) is 2.25. The number of alkyl halides is 3. The number of nitrogens with one attached hydrogen (secondary N) is 1. The molecule has 0 amide bonds. The van der Waals surface area contributed by atoms with Gasteiger partial charge in [-0.3, -0.25) is 0 Å². The zero-order valence-electron chi connectivity index (χ0n) is 9.57. The third-order valence-electron chi connectivity index (χ3n) is 3.25. The molecule has 4 nitrogen and oxygen atoms in total. The smallest absolute Gasteiger partial charge is 0.396 e. The van der Waals surface area contributed by atoms with Gasteiger partial charge in [-0.25, -0.2) is 0 Å². The molecule has 102 valence electrons. The van der Waals surface area contributed by atoms with Crippen LogP contribution >= 0.6 is 11.5 Å². The van der Waals surface area contributed by atoms with Crippen molar-refractivity contribution in [1.29, 1.82) is 0 Å².